The molecule has 116 valence electrons. The Labute approximate surface area is 121 Å². The van der Waals surface area contributed by atoms with E-state index in [1.165, 1.54) is 23.1 Å². The maximum Gasteiger partial charge on any atom is 0.387 e. The van der Waals surface area contributed by atoms with Crippen LogP contribution in [-0.4, -0.2) is 54.4 Å². The summed E-state index contributed by atoms with van der Waals surface area (Å²) >= 11 is 0. The van der Waals surface area contributed by atoms with Gasteiger partial charge in [0.05, 0.1) is 24.4 Å². The molecule has 1 heterocycles. The molecular weight excluding hydrogens is 284 g/mol. The lowest BCUT2D eigenvalue weighted by atomic mass is 10.1. The van der Waals surface area contributed by atoms with Gasteiger partial charge in [-0.15, -0.1) is 0 Å². The number of aliphatic hydroxyl groups is 1. The summed E-state index contributed by atoms with van der Waals surface area (Å²) in [7, 11) is 0. The highest BCUT2D eigenvalue weighted by Gasteiger charge is 2.30. The van der Waals surface area contributed by atoms with Gasteiger partial charge in [-0.2, -0.15) is 8.78 Å². The minimum absolute atomic E-state index is 0.0728. The zero-order valence-electron chi connectivity index (χ0n) is 11.5. The van der Waals surface area contributed by atoms with E-state index in [1.54, 1.807) is 13.0 Å². The first-order valence-corrected chi connectivity index (χ1v) is 6.60. The molecule has 5 nitrogen and oxygen atoms in total. The standard InChI is InChI=1S/C14H17F2NO4/c1-9-6-17(7-10(8-18)20-9)13(19)11-4-2-3-5-12(11)21-14(15)16/h2-5,9-10,14,18H,6-8H2,1H3. The number of aliphatic hydroxyl groups excluding tert-OH is 1. The summed E-state index contributed by atoms with van der Waals surface area (Å²) in [6, 6.07) is 5.87. The number of hydrogen-bond donors (Lipinski definition) is 1. The van der Waals surface area contributed by atoms with Gasteiger partial charge in [0.25, 0.3) is 5.91 Å². The van der Waals surface area contributed by atoms with Crippen molar-refractivity contribution in [3.63, 3.8) is 0 Å². The van der Waals surface area contributed by atoms with Crippen molar-refractivity contribution < 1.29 is 28.2 Å². The Morgan fingerprint density at radius 1 is 1.48 bits per heavy atom. The molecule has 21 heavy (non-hydrogen) atoms. The molecule has 1 N–H and O–H groups in total. The molecule has 0 spiro atoms. The molecule has 0 saturated carbocycles. The van der Waals surface area contributed by atoms with E-state index in [2.05, 4.69) is 4.74 Å². The third-order valence-electron chi connectivity index (χ3n) is 3.15. The number of carbonyl (C=O) groups excluding carboxylic acids is 1. The molecular formula is C14H17F2NO4. The summed E-state index contributed by atoms with van der Waals surface area (Å²) in [6.45, 7) is -0.874. The first-order valence-electron chi connectivity index (χ1n) is 6.60. The Bertz CT molecular complexity index is 498. The maximum atomic E-state index is 12.5. The fraction of sp³-hybridized carbons (Fsp3) is 0.500. The highest BCUT2D eigenvalue weighted by molar-refractivity contribution is 5.97. The number of morpholine rings is 1. The Hall–Kier alpha value is -1.73. The molecule has 1 fully saturated rings. The van der Waals surface area contributed by atoms with Crippen molar-refractivity contribution in [3.05, 3.63) is 29.8 Å². The monoisotopic (exact) mass is 301 g/mol. The van der Waals surface area contributed by atoms with Crippen LogP contribution in [0.4, 0.5) is 8.78 Å². The SMILES string of the molecule is CC1CN(C(=O)c2ccccc2OC(F)F)CC(CO)O1. The predicted molar refractivity (Wildman–Crippen MR) is 70.4 cm³/mol. The molecule has 0 bridgehead atoms. The Balaban J connectivity index is 2.19. The van der Waals surface area contributed by atoms with Crippen molar-refractivity contribution in [2.24, 2.45) is 0 Å². The van der Waals surface area contributed by atoms with Crippen molar-refractivity contribution in [1.82, 2.24) is 4.90 Å². The van der Waals surface area contributed by atoms with Crippen LogP contribution in [0.25, 0.3) is 0 Å². The highest BCUT2D eigenvalue weighted by atomic mass is 19.3. The van der Waals surface area contributed by atoms with Crippen molar-refractivity contribution in [1.29, 1.82) is 0 Å². The van der Waals surface area contributed by atoms with Gasteiger partial charge in [-0.25, -0.2) is 0 Å². The molecule has 2 atom stereocenters. The molecule has 1 aromatic rings. The van der Waals surface area contributed by atoms with Gasteiger partial charge in [-0.1, -0.05) is 12.1 Å². The third kappa shape index (κ3) is 3.89. The summed E-state index contributed by atoms with van der Waals surface area (Å²) in [5, 5.41) is 9.17. The Morgan fingerprint density at radius 3 is 2.86 bits per heavy atom. The normalized spacial score (nSPS) is 22.4. The second kappa shape index (κ2) is 6.82. The first-order chi connectivity index (χ1) is 10.0. The van der Waals surface area contributed by atoms with Gasteiger partial charge in [-0.3, -0.25) is 4.79 Å². The van der Waals surface area contributed by atoms with Crippen LogP contribution < -0.4 is 4.74 Å². The van der Waals surface area contributed by atoms with E-state index in [4.69, 9.17) is 9.84 Å². The number of nitrogens with zero attached hydrogens (tertiary/aromatic N) is 1. The molecule has 1 aliphatic heterocycles. The lowest BCUT2D eigenvalue weighted by Crippen LogP contribution is -2.50. The molecule has 1 aromatic carbocycles. The van der Waals surface area contributed by atoms with Gasteiger partial charge >= 0.3 is 6.61 Å². The van der Waals surface area contributed by atoms with Gasteiger partial charge < -0.3 is 19.5 Å². The van der Waals surface area contributed by atoms with Crippen LogP contribution in [-0.2, 0) is 4.74 Å². The molecule has 1 saturated heterocycles. The molecule has 0 aliphatic carbocycles. The molecule has 7 heteroatoms. The van der Waals surface area contributed by atoms with E-state index in [-0.39, 0.29) is 30.6 Å². The van der Waals surface area contributed by atoms with E-state index < -0.39 is 18.6 Å². The Morgan fingerprint density at radius 2 is 2.19 bits per heavy atom. The summed E-state index contributed by atoms with van der Waals surface area (Å²) < 4.78 is 34.6. The van der Waals surface area contributed by atoms with Gasteiger partial charge in [-0.05, 0) is 19.1 Å². The minimum Gasteiger partial charge on any atom is -0.434 e. The molecule has 1 amide bonds. The van der Waals surface area contributed by atoms with Crippen molar-refractivity contribution in [2.75, 3.05) is 19.7 Å². The quantitative estimate of drug-likeness (QED) is 0.916. The van der Waals surface area contributed by atoms with E-state index >= 15 is 0 Å². The molecule has 0 radical (unpaired) electrons. The van der Waals surface area contributed by atoms with E-state index in [0.29, 0.717) is 6.54 Å². The van der Waals surface area contributed by atoms with Crippen LogP contribution >= 0.6 is 0 Å². The second-order valence-corrected chi connectivity index (χ2v) is 4.84. The fourth-order valence-electron chi connectivity index (χ4n) is 2.32. The number of rotatable bonds is 4. The predicted octanol–water partition coefficient (Wildman–Crippen LogP) is 1.51. The van der Waals surface area contributed by atoms with Crippen molar-refractivity contribution in [2.45, 2.75) is 25.7 Å². The highest BCUT2D eigenvalue weighted by Crippen LogP contribution is 2.23. The first kappa shape index (κ1) is 15.7. The number of alkyl halides is 2. The maximum absolute atomic E-state index is 12.5. The van der Waals surface area contributed by atoms with Gasteiger partial charge in [0, 0.05) is 13.1 Å². The van der Waals surface area contributed by atoms with Gasteiger partial charge in [0.1, 0.15) is 5.75 Å². The number of carbonyl (C=O) groups is 1. The van der Waals surface area contributed by atoms with Crippen LogP contribution in [0.15, 0.2) is 24.3 Å². The number of benzene rings is 1. The average molecular weight is 301 g/mol. The summed E-state index contributed by atoms with van der Waals surface area (Å²) in [6.07, 6.45) is -0.705. The smallest absolute Gasteiger partial charge is 0.387 e. The largest absolute Gasteiger partial charge is 0.434 e. The number of para-hydroxylation sites is 1. The minimum atomic E-state index is -2.99. The van der Waals surface area contributed by atoms with Crippen LogP contribution in [0.2, 0.25) is 0 Å². The van der Waals surface area contributed by atoms with Crippen molar-refractivity contribution >= 4 is 5.91 Å². The summed E-state index contributed by atoms with van der Waals surface area (Å²) in [4.78, 5) is 13.9. The molecule has 0 aromatic heterocycles. The lowest BCUT2D eigenvalue weighted by Gasteiger charge is -2.36. The van der Waals surface area contributed by atoms with Crippen LogP contribution in [0.1, 0.15) is 17.3 Å². The van der Waals surface area contributed by atoms with Crippen LogP contribution in [0.3, 0.4) is 0 Å². The van der Waals surface area contributed by atoms with Crippen LogP contribution in [0, 0.1) is 0 Å². The van der Waals surface area contributed by atoms with E-state index in [9.17, 15) is 13.6 Å². The fourth-order valence-corrected chi connectivity index (χ4v) is 2.32. The summed E-state index contributed by atoms with van der Waals surface area (Å²) in [5.74, 6) is -0.572. The van der Waals surface area contributed by atoms with Gasteiger partial charge in [0.15, 0.2) is 0 Å². The number of ether oxygens (including phenoxy) is 2. The van der Waals surface area contributed by atoms with Gasteiger partial charge in [0.2, 0.25) is 0 Å². The Kier molecular flexibility index (Phi) is 5.08. The number of amides is 1. The third-order valence-corrected chi connectivity index (χ3v) is 3.15. The lowest BCUT2D eigenvalue weighted by molar-refractivity contribution is -0.0861. The van der Waals surface area contributed by atoms with E-state index in [0.717, 1.165) is 0 Å². The number of halogens is 2. The topological polar surface area (TPSA) is 59.0 Å². The van der Waals surface area contributed by atoms with E-state index in [1.807, 2.05) is 0 Å². The number of hydrogen-bond acceptors (Lipinski definition) is 4. The second-order valence-electron chi connectivity index (χ2n) is 4.84. The molecule has 2 unspecified atom stereocenters. The van der Waals surface area contributed by atoms with Crippen LogP contribution in [0.5, 0.6) is 5.75 Å². The van der Waals surface area contributed by atoms with Crippen molar-refractivity contribution in [3.8, 4) is 5.75 Å². The zero-order chi connectivity index (χ0) is 15.4. The summed E-state index contributed by atoms with van der Waals surface area (Å²) in [5.41, 5.74) is 0.0728. The zero-order valence-corrected chi connectivity index (χ0v) is 11.5. The molecule has 2 rings (SSSR count). The molecule has 1 aliphatic rings. The average Bonchev–Trinajstić information content (AvgIpc) is 2.45.